The molecule has 1 aromatic carbocycles. The number of nitrogens with zero attached hydrogens (tertiary/aromatic N) is 3. The van der Waals surface area contributed by atoms with Crippen molar-refractivity contribution in [2.45, 2.75) is 31.7 Å². The standard InChI is InChI=1S/C18H16F2N6O/c1-9-12-3-2-10(6-14(12)26-25-9)22-17-23-13-4-5-27-15(13)16(24-17)21-11-7-18(19,20)8-11/h2-6,11H,7-8H2,1H3,(H,25,26)(H2,21,22,23,24). The van der Waals surface area contributed by atoms with Crippen LogP contribution in [0.25, 0.3) is 22.0 Å². The number of furan rings is 1. The first-order chi connectivity index (χ1) is 13.0. The Hall–Kier alpha value is -3.23. The van der Waals surface area contributed by atoms with Crippen molar-refractivity contribution in [2.75, 3.05) is 10.6 Å². The highest BCUT2D eigenvalue weighted by molar-refractivity contribution is 5.87. The summed E-state index contributed by atoms with van der Waals surface area (Å²) in [5.41, 5.74) is 3.67. The Morgan fingerprint density at radius 3 is 2.89 bits per heavy atom. The largest absolute Gasteiger partial charge is 0.459 e. The molecule has 1 saturated carbocycles. The lowest BCUT2D eigenvalue weighted by molar-refractivity contribution is -0.0794. The fraction of sp³-hybridized carbons (Fsp3) is 0.278. The smallest absolute Gasteiger partial charge is 0.252 e. The van der Waals surface area contributed by atoms with Gasteiger partial charge in [-0.2, -0.15) is 10.1 Å². The Balaban J connectivity index is 1.45. The Bertz CT molecular complexity index is 1140. The van der Waals surface area contributed by atoms with E-state index >= 15 is 0 Å². The Kier molecular flexibility index (Phi) is 3.33. The highest BCUT2D eigenvalue weighted by atomic mass is 19.3. The molecule has 5 rings (SSSR count). The summed E-state index contributed by atoms with van der Waals surface area (Å²) in [6.45, 7) is 1.93. The van der Waals surface area contributed by atoms with Crippen LogP contribution in [0, 0.1) is 6.92 Å². The average molecular weight is 370 g/mol. The predicted molar refractivity (Wildman–Crippen MR) is 97.5 cm³/mol. The molecule has 1 fully saturated rings. The van der Waals surface area contributed by atoms with Gasteiger partial charge in [0.1, 0.15) is 5.52 Å². The van der Waals surface area contributed by atoms with Crippen LogP contribution in [0.15, 0.2) is 34.9 Å². The van der Waals surface area contributed by atoms with Crippen molar-refractivity contribution < 1.29 is 13.2 Å². The molecule has 0 unspecified atom stereocenters. The first-order valence-corrected chi connectivity index (χ1v) is 8.58. The quantitative estimate of drug-likeness (QED) is 0.494. The van der Waals surface area contributed by atoms with E-state index in [1.165, 1.54) is 6.26 Å². The molecule has 9 heteroatoms. The number of alkyl halides is 2. The van der Waals surface area contributed by atoms with E-state index in [1.807, 2.05) is 25.1 Å². The molecular formula is C18H16F2N6O. The van der Waals surface area contributed by atoms with Crippen LogP contribution < -0.4 is 10.6 Å². The average Bonchev–Trinajstić information content (AvgIpc) is 3.20. The molecular weight excluding hydrogens is 354 g/mol. The molecule has 0 aliphatic heterocycles. The van der Waals surface area contributed by atoms with Crippen LogP contribution in [0.1, 0.15) is 18.5 Å². The maximum atomic E-state index is 13.1. The molecule has 0 amide bonds. The third-order valence-electron chi connectivity index (χ3n) is 4.74. The lowest BCUT2D eigenvalue weighted by atomic mass is 9.88. The first kappa shape index (κ1) is 16.0. The minimum Gasteiger partial charge on any atom is -0.459 e. The fourth-order valence-electron chi connectivity index (χ4n) is 3.34. The molecule has 3 heterocycles. The van der Waals surface area contributed by atoms with Gasteiger partial charge in [-0.25, -0.2) is 13.8 Å². The topological polar surface area (TPSA) is 91.7 Å². The molecule has 0 spiro atoms. The van der Waals surface area contributed by atoms with E-state index in [1.54, 1.807) is 6.07 Å². The zero-order chi connectivity index (χ0) is 18.6. The van der Waals surface area contributed by atoms with Gasteiger partial charge in [0.25, 0.3) is 5.92 Å². The SMILES string of the molecule is Cc1n[nH]c2cc(Nc3nc(NC4CC(F)(F)C4)c4occc4n3)ccc12. The van der Waals surface area contributed by atoms with E-state index in [4.69, 9.17) is 4.42 Å². The molecule has 0 radical (unpaired) electrons. The second kappa shape index (κ2) is 5.63. The zero-order valence-electron chi connectivity index (χ0n) is 14.4. The number of nitrogens with one attached hydrogen (secondary N) is 3. The maximum absolute atomic E-state index is 13.1. The van der Waals surface area contributed by atoms with Gasteiger partial charge in [0.05, 0.1) is 17.5 Å². The van der Waals surface area contributed by atoms with Crippen molar-refractivity contribution in [1.82, 2.24) is 20.2 Å². The van der Waals surface area contributed by atoms with Gasteiger partial charge >= 0.3 is 0 Å². The number of hydrogen-bond acceptors (Lipinski definition) is 6. The van der Waals surface area contributed by atoms with Gasteiger partial charge in [-0.3, -0.25) is 5.10 Å². The van der Waals surface area contributed by atoms with Crippen LogP contribution in [0.2, 0.25) is 0 Å². The van der Waals surface area contributed by atoms with Crippen molar-refractivity contribution >= 4 is 39.5 Å². The summed E-state index contributed by atoms with van der Waals surface area (Å²) < 4.78 is 31.7. The monoisotopic (exact) mass is 370 g/mol. The van der Waals surface area contributed by atoms with E-state index in [9.17, 15) is 8.78 Å². The molecule has 1 aliphatic rings. The van der Waals surface area contributed by atoms with Gasteiger partial charge in [-0.05, 0) is 25.1 Å². The number of aromatic nitrogens is 4. The summed E-state index contributed by atoms with van der Waals surface area (Å²) in [6, 6.07) is 7.16. The second-order valence-electron chi connectivity index (χ2n) is 6.83. The normalized spacial score (nSPS) is 16.6. The first-order valence-electron chi connectivity index (χ1n) is 8.58. The van der Waals surface area contributed by atoms with Crippen molar-refractivity contribution in [2.24, 2.45) is 0 Å². The van der Waals surface area contributed by atoms with Gasteiger partial charge in [0.2, 0.25) is 5.95 Å². The zero-order valence-corrected chi connectivity index (χ0v) is 14.4. The van der Waals surface area contributed by atoms with E-state index in [2.05, 4.69) is 30.8 Å². The van der Waals surface area contributed by atoms with Crippen molar-refractivity contribution in [3.63, 3.8) is 0 Å². The Morgan fingerprint density at radius 2 is 2.07 bits per heavy atom. The third-order valence-corrected chi connectivity index (χ3v) is 4.74. The highest BCUT2D eigenvalue weighted by Gasteiger charge is 2.45. The Labute approximate surface area is 152 Å². The summed E-state index contributed by atoms with van der Waals surface area (Å²) >= 11 is 0. The molecule has 0 bridgehead atoms. The van der Waals surface area contributed by atoms with Crippen LogP contribution in [-0.4, -0.2) is 32.1 Å². The van der Waals surface area contributed by atoms with Crippen molar-refractivity contribution in [1.29, 1.82) is 0 Å². The molecule has 3 aromatic heterocycles. The Morgan fingerprint density at radius 1 is 1.22 bits per heavy atom. The molecule has 27 heavy (non-hydrogen) atoms. The minimum atomic E-state index is -2.61. The molecule has 138 valence electrons. The van der Waals surface area contributed by atoms with Crippen LogP contribution >= 0.6 is 0 Å². The van der Waals surface area contributed by atoms with Gasteiger partial charge in [0, 0.05) is 36.0 Å². The number of anilines is 3. The number of aryl methyl sites for hydroxylation is 1. The summed E-state index contributed by atoms with van der Waals surface area (Å²) in [5, 5.41) is 14.4. The maximum Gasteiger partial charge on any atom is 0.252 e. The van der Waals surface area contributed by atoms with E-state index in [-0.39, 0.29) is 18.9 Å². The van der Waals surface area contributed by atoms with E-state index in [0.717, 1.165) is 22.3 Å². The van der Waals surface area contributed by atoms with Crippen LogP contribution in [0.3, 0.4) is 0 Å². The summed E-state index contributed by atoms with van der Waals surface area (Å²) in [6.07, 6.45) is 1.08. The summed E-state index contributed by atoms with van der Waals surface area (Å²) in [4.78, 5) is 8.85. The van der Waals surface area contributed by atoms with Crippen molar-refractivity contribution in [3.05, 3.63) is 36.2 Å². The van der Waals surface area contributed by atoms with E-state index in [0.29, 0.717) is 22.9 Å². The lowest BCUT2D eigenvalue weighted by Crippen LogP contribution is -2.44. The predicted octanol–water partition coefficient (Wildman–Crippen LogP) is 4.36. The van der Waals surface area contributed by atoms with Gasteiger partial charge in [-0.1, -0.05) is 0 Å². The fourth-order valence-corrected chi connectivity index (χ4v) is 3.34. The number of aromatic amines is 1. The molecule has 1 aliphatic carbocycles. The number of H-pyrrole nitrogens is 1. The summed E-state index contributed by atoms with van der Waals surface area (Å²) in [7, 11) is 0. The van der Waals surface area contributed by atoms with Crippen LogP contribution in [0.5, 0.6) is 0 Å². The second-order valence-corrected chi connectivity index (χ2v) is 6.83. The number of hydrogen-bond donors (Lipinski definition) is 3. The van der Waals surface area contributed by atoms with Crippen LogP contribution in [-0.2, 0) is 0 Å². The van der Waals surface area contributed by atoms with Gasteiger partial charge < -0.3 is 15.1 Å². The molecule has 4 aromatic rings. The molecule has 3 N–H and O–H groups in total. The van der Waals surface area contributed by atoms with Gasteiger partial charge in [-0.15, -0.1) is 0 Å². The number of fused-ring (bicyclic) bond motifs is 2. The number of benzene rings is 1. The van der Waals surface area contributed by atoms with Crippen molar-refractivity contribution in [3.8, 4) is 0 Å². The molecule has 7 nitrogen and oxygen atoms in total. The number of rotatable bonds is 4. The minimum absolute atomic E-state index is 0.211. The highest BCUT2D eigenvalue weighted by Crippen LogP contribution is 2.39. The third kappa shape index (κ3) is 2.84. The summed E-state index contributed by atoms with van der Waals surface area (Å²) in [5.74, 6) is -1.84. The number of halogens is 2. The van der Waals surface area contributed by atoms with Gasteiger partial charge in [0.15, 0.2) is 11.4 Å². The molecule has 0 atom stereocenters. The molecule has 0 saturated heterocycles. The lowest BCUT2D eigenvalue weighted by Gasteiger charge is -2.35. The van der Waals surface area contributed by atoms with E-state index < -0.39 is 5.92 Å². The van der Waals surface area contributed by atoms with Crippen LogP contribution in [0.4, 0.5) is 26.2 Å².